The van der Waals surface area contributed by atoms with Crippen LogP contribution in [0.4, 0.5) is 15.8 Å². The molecule has 0 bridgehead atoms. The van der Waals surface area contributed by atoms with Crippen molar-refractivity contribution in [1.29, 1.82) is 0 Å². The van der Waals surface area contributed by atoms with E-state index in [1.165, 1.54) is 12.1 Å². The largest absolute Gasteiger partial charge is 0.280 e. The molecule has 0 aliphatic rings. The molecular formula is C12H8BrFN2O4S. The summed E-state index contributed by atoms with van der Waals surface area (Å²) in [6.45, 7) is 0. The topological polar surface area (TPSA) is 89.3 Å². The minimum atomic E-state index is -4.16. The summed E-state index contributed by atoms with van der Waals surface area (Å²) in [7, 11) is -4.16. The molecule has 2 aromatic rings. The highest BCUT2D eigenvalue weighted by atomic mass is 79.9. The van der Waals surface area contributed by atoms with E-state index in [-0.39, 0.29) is 5.69 Å². The van der Waals surface area contributed by atoms with Crippen molar-refractivity contribution >= 4 is 37.3 Å². The molecule has 0 heterocycles. The van der Waals surface area contributed by atoms with Crippen molar-refractivity contribution in [2.75, 3.05) is 4.72 Å². The number of benzene rings is 2. The molecule has 2 aromatic carbocycles. The Morgan fingerprint density at radius 2 is 1.76 bits per heavy atom. The molecule has 0 saturated heterocycles. The first-order chi connectivity index (χ1) is 9.79. The molecule has 110 valence electrons. The lowest BCUT2D eigenvalue weighted by Crippen LogP contribution is -2.14. The monoisotopic (exact) mass is 374 g/mol. The summed E-state index contributed by atoms with van der Waals surface area (Å²) in [5, 5.41) is 10.5. The minimum absolute atomic E-state index is 0.246. The Labute approximate surface area is 127 Å². The standard InChI is InChI=1S/C12H8BrFN2O4S/c13-8-1-3-9(4-2-8)15-21(19,20)12-6-5-10(16(17)18)7-11(12)14/h1-7,15H. The van der Waals surface area contributed by atoms with Crippen molar-refractivity contribution in [1.82, 2.24) is 0 Å². The summed E-state index contributed by atoms with van der Waals surface area (Å²) in [6.07, 6.45) is 0. The molecule has 0 fully saturated rings. The van der Waals surface area contributed by atoms with Crippen LogP contribution in [0.2, 0.25) is 0 Å². The van der Waals surface area contributed by atoms with E-state index in [0.717, 1.165) is 16.6 Å². The van der Waals surface area contributed by atoms with Gasteiger partial charge in [-0.2, -0.15) is 0 Å². The lowest BCUT2D eigenvalue weighted by Gasteiger charge is -2.08. The Hall–Kier alpha value is -2.00. The Morgan fingerprint density at radius 1 is 1.14 bits per heavy atom. The van der Waals surface area contributed by atoms with E-state index < -0.39 is 31.3 Å². The zero-order valence-electron chi connectivity index (χ0n) is 10.3. The van der Waals surface area contributed by atoms with Gasteiger partial charge in [-0.15, -0.1) is 0 Å². The van der Waals surface area contributed by atoms with E-state index in [2.05, 4.69) is 20.7 Å². The van der Waals surface area contributed by atoms with Crippen molar-refractivity contribution < 1.29 is 17.7 Å². The van der Waals surface area contributed by atoms with Crippen LogP contribution < -0.4 is 4.72 Å². The van der Waals surface area contributed by atoms with Crippen LogP contribution in [0.1, 0.15) is 0 Å². The number of nitro groups is 1. The third kappa shape index (κ3) is 3.56. The van der Waals surface area contributed by atoms with Crippen molar-refractivity contribution in [3.63, 3.8) is 0 Å². The second-order valence-corrected chi connectivity index (χ2v) is 6.55. The van der Waals surface area contributed by atoms with Gasteiger partial charge in [-0.05, 0) is 30.3 Å². The van der Waals surface area contributed by atoms with Gasteiger partial charge in [0.05, 0.1) is 11.0 Å². The van der Waals surface area contributed by atoms with Crippen LogP contribution in [-0.2, 0) is 10.0 Å². The molecular weight excluding hydrogens is 367 g/mol. The summed E-state index contributed by atoms with van der Waals surface area (Å²) < 4.78 is 40.8. The molecule has 1 N–H and O–H groups in total. The second-order valence-electron chi connectivity index (χ2n) is 3.98. The first-order valence-electron chi connectivity index (χ1n) is 5.52. The van der Waals surface area contributed by atoms with Gasteiger partial charge >= 0.3 is 0 Å². The maximum Gasteiger partial charge on any atom is 0.272 e. The van der Waals surface area contributed by atoms with E-state index in [0.29, 0.717) is 6.07 Å². The van der Waals surface area contributed by atoms with Crippen molar-refractivity contribution in [2.45, 2.75) is 4.90 Å². The third-order valence-electron chi connectivity index (χ3n) is 2.51. The van der Waals surface area contributed by atoms with Crippen LogP contribution in [-0.4, -0.2) is 13.3 Å². The van der Waals surface area contributed by atoms with Crippen LogP contribution in [0, 0.1) is 15.9 Å². The first kappa shape index (κ1) is 15.4. The number of nitro benzene ring substituents is 1. The maximum atomic E-state index is 13.7. The number of anilines is 1. The van der Waals surface area contributed by atoms with Crippen LogP contribution >= 0.6 is 15.9 Å². The lowest BCUT2D eigenvalue weighted by molar-refractivity contribution is -0.385. The van der Waals surface area contributed by atoms with Crippen LogP contribution in [0.25, 0.3) is 0 Å². The number of hydrogen-bond acceptors (Lipinski definition) is 4. The van der Waals surface area contributed by atoms with E-state index in [1.807, 2.05) is 0 Å². The number of nitrogens with one attached hydrogen (secondary N) is 1. The van der Waals surface area contributed by atoms with Crippen LogP contribution in [0.5, 0.6) is 0 Å². The summed E-state index contributed by atoms with van der Waals surface area (Å²) >= 11 is 3.20. The number of sulfonamides is 1. The van der Waals surface area contributed by atoms with Crippen molar-refractivity contribution in [2.24, 2.45) is 0 Å². The number of non-ortho nitro benzene ring substituents is 1. The van der Waals surface area contributed by atoms with E-state index in [1.54, 1.807) is 12.1 Å². The van der Waals surface area contributed by atoms with Gasteiger partial charge in [0.15, 0.2) is 5.82 Å². The number of nitrogens with zero attached hydrogens (tertiary/aromatic N) is 1. The van der Waals surface area contributed by atoms with Gasteiger partial charge in [0.1, 0.15) is 4.90 Å². The Bertz CT molecular complexity index is 793. The highest BCUT2D eigenvalue weighted by Crippen LogP contribution is 2.23. The zero-order valence-corrected chi connectivity index (χ0v) is 12.7. The number of hydrogen-bond donors (Lipinski definition) is 1. The summed E-state index contributed by atoms with van der Waals surface area (Å²) in [4.78, 5) is 9.05. The second kappa shape index (κ2) is 5.78. The molecule has 0 radical (unpaired) electrons. The third-order valence-corrected chi connectivity index (χ3v) is 4.46. The predicted octanol–water partition coefficient (Wildman–Crippen LogP) is 3.30. The average Bonchev–Trinajstić information content (AvgIpc) is 2.40. The van der Waals surface area contributed by atoms with E-state index >= 15 is 0 Å². The van der Waals surface area contributed by atoms with Gasteiger partial charge < -0.3 is 0 Å². The van der Waals surface area contributed by atoms with E-state index in [9.17, 15) is 22.9 Å². The Kier molecular flexibility index (Phi) is 4.24. The molecule has 0 saturated carbocycles. The first-order valence-corrected chi connectivity index (χ1v) is 7.79. The number of halogens is 2. The molecule has 0 atom stereocenters. The lowest BCUT2D eigenvalue weighted by atomic mass is 10.3. The molecule has 0 amide bonds. The summed E-state index contributed by atoms with van der Waals surface area (Å²) in [5.74, 6) is -1.19. The van der Waals surface area contributed by atoms with Crippen LogP contribution in [0.3, 0.4) is 0 Å². The van der Waals surface area contributed by atoms with Gasteiger partial charge in [0, 0.05) is 16.2 Å². The summed E-state index contributed by atoms with van der Waals surface area (Å²) in [5.41, 5.74) is -0.272. The maximum absolute atomic E-state index is 13.7. The molecule has 9 heteroatoms. The predicted molar refractivity (Wildman–Crippen MR) is 78.0 cm³/mol. The molecule has 21 heavy (non-hydrogen) atoms. The highest BCUT2D eigenvalue weighted by molar-refractivity contribution is 9.10. The van der Waals surface area contributed by atoms with E-state index in [4.69, 9.17) is 0 Å². The van der Waals surface area contributed by atoms with Gasteiger partial charge in [0.25, 0.3) is 15.7 Å². The zero-order chi connectivity index (χ0) is 15.6. The molecule has 2 rings (SSSR count). The molecule has 0 aliphatic heterocycles. The van der Waals surface area contributed by atoms with Gasteiger partial charge in [-0.1, -0.05) is 15.9 Å². The van der Waals surface area contributed by atoms with Gasteiger partial charge in [-0.25, -0.2) is 12.8 Å². The highest BCUT2D eigenvalue weighted by Gasteiger charge is 2.21. The van der Waals surface area contributed by atoms with Gasteiger partial charge in [-0.3, -0.25) is 14.8 Å². The fourth-order valence-corrected chi connectivity index (χ4v) is 2.93. The quantitative estimate of drug-likeness (QED) is 0.656. The smallest absolute Gasteiger partial charge is 0.272 e. The fraction of sp³-hybridized carbons (Fsp3) is 0. The molecule has 6 nitrogen and oxygen atoms in total. The number of rotatable bonds is 4. The normalized spacial score (nSPS) is 11.1. The average molecular weight is 375 g/mol. The van der Waals surface area contributed by atoms with Crippen molar-refractivity contribution in [3.05, 3.63) is 62.9 Å². The Balaban J connectivity index is 2.35. The van der Waals surface area contributed by atoms with Gasteiger partial charge in [0.2, 0.25) is 0 Å². The fourth-order valence-electron chi connectivity index (χ4n) is 1.55. The SMILES string of the molecule is O=[N+]([O-])c1ccc(S(=O)(=O)Nc2ccc(Br)cc2)c(F)c1. The summed E-state index contributed by atoms with van der Waals surface area (Å²) in [6, 6.07) is 8.56. The molecule has 0 aliphatic carbocycles. The minimum Gasteiger partial charge on any atom is -0.280 e. The van der Waals surface area contributed by atoms with Crippen LogP contribution in [0.15, 0.2) is 51.8 Å². The molecule has 0 aromatic heterocycles. The Morgan fingerprint density at radius 3 is 2.29 bits per heavy atom. The molecule has 0 unspecified atom stereocenters. The van der Waals surface area contributed by atoms with Crippen molar-refractivity contribution in [3.8, 4) is 0 Å². The molecule has 0 spiro atoms.